The number of hydrogen-bond acceptors (Lipinski definition) is 5. The standard InChI is InChI=1S/C21H32N2O5/c1-14(2)11-22-12-19(24)17(10-15-6-4-3-5-7-15)23(21(25)26)18-13-28-20-16(18)8-9-27-20/h3-7,14,16-20,22,24H,8-13H2,1-2H3,(H,25,26)/t16-,17-,18-,19-,20+/m0/s1. The fraction of sp³-hybridized carbons (Fsp3) is 0.667. The van der Waals surface area contributed by atoms with Crippen LogP contribution in [0.5, 0.6) is 0 Å². The summed E-state index contributed by atoms with van der Waals surface area (Å²) in [5.74, 6) is 0.472. The van der Waals surface area contributed by atoms with Gasteiger partial charge in [0, 0.05) is 12.5 Å². The van der Waals surface area contributed by atoms with Crippen LogP contribution in [0.15, 0.2) is 30.3 Å². The van der Waals surface area contributed by atoms with Crippen molar-refractivity contribution in [1.29, 1.82) is 0 Å². The van der Waals surface area contributed by atoms with Gasteiger partial charge in [-0.2, -0.15) is 0 Å². The van der Waals surface area contributed by atoms with E-state index in [4.69, 9.17) is 9.47 Å². The molecular weight excluding hydrogens is 360 g/mol. The van der Waals surface area contributed by atoms with Gasteiger partial charge < -0.3 is 25.0 Å². The minimum Gasteiger partial charge on any atom is -0.465 e. The number of amides is 1. The smallest absolute Gasteiger partial charge is 0.407 e. The number of nitrogens with one attached hydrogen (secondary N) is 1. The minimum absolute atomic E-state index is 0.0187. The Balaban J connectivity index is 1.80. The number of nitrogens with zero attached hydrogens (tertiary/aromatic N) is 1. The van der Waals surface area contributed by atoms with E-state index in [9.17, 15) is 15.0 Å². The summed E-state index contributed by atoms with van der Waals surface area (Å²) in [6.07, 6.45) is -0.951. The van der Waals surface area contributed by atoms with Gasteiger partial charge in [0.2, 0.25) is 0 Å². The maximum absolute atomic E-state index is 12.3. The van der Waals surface area contributed by atoms with E-state index < -0.39 is 18.2 Å². The number of ether oxygens (including phenoxy) is 2. The zero-order valence-corrected chi connectivity index (χ0v) is 16.7. The molecule has 28 heavy (non-hydrogen) atoms. The van der Waals surface area contributed by atoms with E-state index in [0.29, 0.717) is 32.1 Å². The number of fused-ring (bicyclic) bond motifs is 1. The molecule has 0 bridgehead atoms. The summed E-state index contributed by atoms with van der Waals surface area (Å²) < 4.78 is 11.3. The minimum atomic E-state index is -1.02. The number of aliphatic hydroxyl groups is 1. The van der Waals surface area contributed by atoms with Crippen molar-refractivity contribution < 1.29 is 24.5 Å². The van der Waals surface area contributed by atoms with Gasteiger partial charge >= 0.3 is 6.09 Å². The molecule has 2 saturated heterocycles. The van der Waals surface area contributed by atoms with Crippen LogP contribution in [0.4, 0.5) is 4.79 Å². The van der Waals surface area contributed by atoms with Crippen molar-refractivity contribution in [3.63, 3.8) is 0 Å². The third-order valence-corrected chi connectivity index (χ3v) is 5.58. The van der Waals surface area contributed by atoms with Crippen LogP contribution in [0.1, 0.15) is 25.8 Å². The lowest BCUT2D eigenvalue weighted by Crippen LogP contribution is -2.57. The van der Waals surface area contributed by atoms with E-state index in [1.807, 2.05) is 30.3 Å². The Morgan fingerprint density at radius 1 is 1.25 bits per heavy atom. The second kappa shape index (κ2) is 9.69. The van der Waals surface area contributed by atoms with Gasteiger partial charge in [-0.3, -0.25) is 4.90 Å². The molecule has 7 nitrogen and oxygen atoms in total. The molecule has 0 aliphatic carbocycles. The highest BCUT2D eigenvalue weighted by Gasteiger charge is 2.48. The first-order valence-corrected chi connectivity index (χ1v) is 10.1. The molecular formula is C21H32N2O5. The third-order valence-electron chi connectivity index (χ3n) is 5.58. The van der Waals surface area contributed by atoms with Gasteiger partial charge in [0.15, 0.2) is 6.29 Å². The molecule has 1 aromatic rings. The predicted octanol–water partition coefficient (Wildman–Crippen LogP) is 1.95. The van der Waals surface area contributed by atoms with Crippen LogP contribution < -0.4 is 5.32 Å². The first kappa shape index (κ1) is 21.0. The van der Waals surface area contributed by atoms with Crippen LogP contribution in [-0.2, 0) is 15.9 Å². The summed E-state index contributed by atoms with van der Waals surface area (Å²) in [5.41, 5.74) is 1.000. The van der Waals surface area contributed by atoms with Crippen LogP contribution in [0.3, 0.4) is 0 Å². The third kappa shape index (κ3) is 5.03. The van der Waals surface area contributed by atoms with Crippen molar-refractivity contribution >= 4 is 6.09 Å². The Hall–Kier alpha value is -1.67. The molecule has 7 heteroatoms. The quantitative estimate of drug-likeness (QED) is 0.595. The summed E-state index contributed by atoms with van der Waals surface area (Å²) in [7, 11) is 0. The van der Waals surface area contributed by atoms with Gasteiger partial charge in [-0.05, 0) is 30.9 Å². The lowest BCUT2D eigenvalue weighted by Gasteiger charge is -2.38. The van der Waals surface area contributed by atoms with Crippen molar-refractivity contribution in [3.05, 3.63) is 35.9 Å². The van der Waals surface area contributed by atoms with E-state index >= 15 is 0 Å². The van der Waals surface area contributed by atoms with Crippen molar-refractivity contribution in [2.24, 2.45) is 11.8 Å². The van der Waals surface area contributed by atoms with E-state index in [2.05, 4.69) is 19.2 Å². The van der Waals surface area contributed by atoms with Gasteiger partial charge in [0.1, 0.15) is 0 Å². The summed E-state index contributed by atoms with van der Waals surface area (Å²) in [5, 5.41) is 24.3. The second-order valence-electron chi connectivity index (χ2n) is 8.16. The number of aliphatic hydroxyl groups excluding tert-OH is 1. The summed E-state index contributed by atoms with van der Waals surface area (Å²) in [6.45, 7) is 6.20. The van der Waals surface area contributed by atoms with Gasteiger partial charge in [0.25, 0.3) is 0 Å². The largest absolute Gasteiger partial charge is 0.465 e. The molecule has 0 radical (unpaired) electrons. The molecule has 2 fully saturated rings. The predicted molar refractivity (Wildman–Crippen MR) is 105 cm³/mol. The monoisotopic (exact) mass is 392 g/mol. The highest BCUT2D eigenvalue weighted by Crippen LogP contribution is 2.35. The Labute approximate surface area is 166 Å². The average molecular weight is 392 g/mol. The van der Waals surface area contributed by atoms with Crippen LogP contribution >= 0.6 is 0 Å². The first-order chi connectivity index (χ1) is 13.5. The maximum Gasteiger partial charge on any atom is 0.407 e. The molecule has 0 unspecified atom stereocenters. The van der Waals surface area contributed by atoms with Gasteiger partial charge in [-0.1, -0.05) is 44.2 Å². The van der Waals surface area contributed by atoms with Crippen LogP contribution in [0.25, 0.3) is 0 Å². The van der Waals surface area contributed by atoms with Crippen LogP contribution in [-0.4, -0.2) is 72.0 Å². The van der Waals surface area contributed by atoms with Gasteiger partial charge in [-0.15, -0.1) is 0 Å². The average Bonchev–Trinajstić information content (AvgIpc) is 3.26. The van der Waals surface area contributed by atoms with E-state index in [-0.39, 0.29) is 18.2 Å². The molecule has 5 atom stereocenters. The fourth-order valence-corrected chi connectivity index (χ4v) is 4.19. The number of carboxylic acid groups (broad SMARTS) is 1. The van der Waals surface area contributed by atoms with Gasteiger partial charge in [0.05, 0.1) is 31.4 Å². The van der Waals surface area contributed by atoms with Crippen molar-refractivity contribution in [1.82, 2.24) is 10.2 Å². The Morgan fingerprint density at radius 3 is 2.68 bits per heavy atom. The van der Waals surface area contributed by atoms with Crippen molar-refractivity contribution in [2.75, 3.05) is 26.3 Å². The number of benzene rings is 1. The maximum atomic E-state index is 12.3. The molecule has 3 rings (SSSR count). The van der Waals surface area contributed by atoms with Crippen molar-refractivity contribution in [2.45, 2.75) is 51.2 Å². The highest BCUT2D eigenvalue weighted by atomic mass is 16.7. The van der Waals surface area contributed by atoms with E-state index in [1.54, 1.807) is 0 Å². The molecule has 2 aliphatic rings. The van der Waals surface area contributed by atoms with E-state index in [0.717, 1.165) is 18.5 Å². The lowest BCUT2D eigenvalue weighted by atomic mass is 9.93. The van der Waals surface area contributed by atoms with Crippen molar-refractivity contribution in [3.8, 4) is 0 Å². The Bertz CT molecular complexity index is 626. The molecule has 3 N–H and O–H groups in total. The Kier molecular flexibility index (Phi) is 7.29. The molecule has 1 amide bonds. The Morgan fingerprint density at radius 2 is 2.00 bits per heavy atom. The van der Waals surface area contributed by atoms with Crippen LogP contribution in [0, 0.1) is 11.8 Å². The molecule has 1 aromatic carbocycles. The molecule has 0 aromatic heterocycles. The summed E-state index contributed by atoms with van der Waals surface area (Å²) >= 11 is 0. The SMILES string of the molecule is CC(C)CNC[C@H](O)[C@H](Cc1ccccc1)N(C(=O)O)[C@H]1CO[C@H]2OCC[C@H]21. The zero-order valence-electron chi connectivity index (χ0n) is 16.7. The molecule has 156 valence electrons. The van der Waals surface area contributed by atoms with Gasteiger partial charge in [-0.25, -0.2) is 4.79 Å². The number of carbonyl (C=O) groups is 1. The zero-order chi connectivity index (χ0) is 20.1. The fourth-order valence-electron chi connectivity index (χ4n) is 4.19. The summed E-state index contributed by atoms with van der Waals surface area (Å²) in [4.78, 5) is 13.7. The lowest BCUT2D eigenvalue weighted by molar-refractivity contribution is -0.0906. The van der Waals surface area contributed by atoms with Crippen LogP contribution in [0.2, 0.25) is 0 Å². The molecule has 2 aliphatic heterocycles. The number of rotatable bonds is 9. The number of hydrogen-bond donors (Lipinski definition) is 3. The molecule has 0 saturated carbocycles. The normalized spacial score (nSPS) is 26.2. The topological polar surface area (TPSA) is 91.3 Å². The van der Waals surface area contributed by atoms with E-state index in [1.165, 1.54) is 4.90 Å². The highest BCUT2D eigenvalue weighted by molar-refractivity contribution is 5.66. The first-order valence-electron chi connectivity index (χ1n) is 10.1. The second-order valence-corrected chi connectivity index (χ2v) is 8.16. The molecule has 0 spiro atoms. The summed E-state index contributed by atoms with van der Waals surface area (Å²) in [6, 6.07) is 8.85. The molecule has 2 heterocycles.